The van der Waals surface area contributed by atoms with E-state index in [1.54, 1.807) is 0 Å². The Morgan fingerprint density at radius 3 is 2.59 bits per heavy atom. The first-order chi connectivity index (χ1) is 14.0. The van der Waals surface area contributed by atoms with E-state index in [2.05, 4.69) is 21.4 Å². The molecule has 3 fully saturated rings. The summed E-state index contributed by atoms with van der Waals surface area (Å²) in [6, 6.07) is 0.235. The molecule has 1 saturated carbocycles. The molecule has 0 unspecified atom stereocenters. The van der Waals surface area contributed by atoms with Gasteiger partial charge in [-0.15, -0.1) is 0 Å². The number of rotatable bonds is 6. The number of hydrogen-bond acceptors (Lipinski definition) is 5. The summed E-state index contributed by atoms with van der Waals surface area (Å²) in [6.45, 7) is 4.26. The molecule has 0 bridgehead atoms. The Kier molecular flexibility index (Phi) is 6.30. The number of hydrogen-bond donors (Lipinski definition) is 0. The third-order valence-corrected chi connectivity index (χ3v) is 8.70. The number of imidazole rings is 1. The van der Waals surface area contributed by atoms with E-state index in [0.29, 0.717) is 13.0 Å². The SMILES string of the molecule is CCn1ccnc1[C@H]1CCCCN1CC(=O)N(C1CCCC1)[C@@H]1CCS(=O)(=O)C1. The Morgan fingerprint density at radius 2 is 1.90 bits per heavy atom. The fourth-order valence-electron chi connectivity index (χ4n) is 5.50. The molecule has 2 saturated heterocycles. The first-order valence-corrected chi connectivity index (χ1v) is 13.1. The number of carbonyl (C=O) groups is 1. The molecular formula is C21H34N4O3S. The van der Waals surface area contributed by atoms with Crippen LogP contribution in [0.4, 0.5) is 0 Å². The zero-order chi connectivity index (χ0) is 20.4. The largest absolute Gasteiger partial charge is 0.335 e. The maximum atomic E-state index is 13.5. The predicted octanol–water partition coefficient (Wildman–Crippen LogP) is 2.39. The van der Waals surface area contributed by atoms with Crippen LogP contribution in [-0.4, -0.2) is 70.4 Å². The molecule has 3 aliphatic rings. The summed E-state index contributed by atoms with van der Waals surface area (Å²) in [4.78, 5) is 22.4. The molecule has 1 aliphatic carbocycles. The zero-order valence-corrected chi connectivity index (χ0v) is 18.3. The van der Waals surface area contributed by atoms with Gasteiger partial charge >= 0.3 is 0 Å². The first kappa shape index (κ1) is 20.8. The molecule has 1 amide bonds. The van der Waals surface area contributed by atoms with Gasteiger partial charge in [0.25, 0.3) is 0 Å². The summed E-state index contributed by atoms with van der Waals surface area (Å²) < 4.78 is 26.4. The Hall–Kier alpha value is -1.41. The topological polar surface area (TPSA) is 75.5 Å². The molecule has 1 aromatic rings. The van der Waals surface area contributed by atoms with Crippen molar-refractivity contribution < 1.29 is 13.2 Å². The number of aromatic nitrogens is 2. The first-order valence-electron chi connectivity index (χ1n) is 11.2. The third kappa shape index (κ3) is 4.53. The molecule has 0 radical (unpaired) electrons. The van der Waals surface area contributed by atoms with Crippen LogP contribution in [0.2, 0.25) is 0 Å². The van der Waals surface area contributed by atoms with Crippen molar-refractivity contribution in [2.24, 2.45) is 0 Å². The minimum atomic E-state index is -3.01. The number of likely N-dealkylation sites (tertiary alicyclic amines) is 1. The predicted molar refractivity (Wildman–Crippen MR) is 112 cm³/mol. The minimum Gasteiger partial charge on any atom is -0.335 e. The third-order valence-electron chi connectivity index (χ3n) is 6.95. The lowest BCUT2D eigenvalue weighted by atomic mass is 10.0. The van der Waals surface area contributed by atoms with Gasteiger partial charge in [0.15, 0.2) is 9.84 Å². The normalized spacial score (nSPS) is 28.0. The van der Waals surface area contributed by atoms with Gasteiger partial charge in [-0.3, -0.25) is 9.69 Å². The van der Waals surface area contributed by atoms with Gasteiger partial charge in [0.05, 0.1) is 24.1 Å². The molecule has 2 atom stereocenters. The number of sulfone groups is 1. The molecule has 29 heavy (non-hydrogen) atoms. The smallest absolute Gasteiger partial charge is 0.237 e. The maximum absolute atomic E-state index is 13.5. The second kappa shape index (κ2) is 8.76. The van der Waals surface area contributed by atoms with Gasteiger partial charge in [0.2, 0.25) is 5.91 Å². The van der Waals surface area contributed by atoms with E-state index < -0.39 is 9.84 Å². The highest BCUT2D eigenvalue weighted by molar-refractivity contribution is 7.91. The van der Waals surface area contributed by atoms with E-state index in [0.717, 1.165) is 63.9 Å². The van der Waals surface area contributed by atoms with Gasteiger partial charge in [-0.25, -0.2) is 13.4 Å². The van der Waals surface area contributed by atoms with Crippen molar-refractivity contribution in [2.75, 3.05) is 24.6 Å². The fourth-order valence-corrected chi connectivity index (χ4v) is 7.21. The van der Waals surface area contributed by atoms with Gasteiger partial charge in [0.1, 0.15) is 5.82 Å². The van der Waals surface area contributed by atoms with Crippen molar-refractivity contribution in [2.45, 2.75) is 83.0 Å². The summed E-state index contributed by atoms with van der Waals surface area (Å²) in [5, 5.41) is 0. The second-order valence-electron chi connectivity index (χ2n) is 8.85. The van der Waals surface area contributed by atoms with Crippen LogP contribution in [0.5, 0.6) is 0 Å². The van der Waals surface area contributed by atoms with E-state index in [9.17, 15) is 13.2 Å². The lowest BCUT2D eigenvalue weighted by molar-refractivity contribution is -0.138. The Bertz CT molecular complexity index is 816. The van der Waals surface area contributed by atoms with E-state index in [1.807, 2.05) is 17.3 Å². The van der Waals surface area contributed by atoms with E-state index in [4.69, 9.17) is 0 Å². The van der Waals surface area contributed by atoms with Crippen molar-refractivity contribution in [3.63, 3.8) is 0 Å². The van der Waals surface area contributed by atoms with E-state index in [-0.39, 0.29) is 35.5 Å². The molecule has 0 aromatic carbocycles. The van der Waals surface area contributed by atoms with Gasteiger partial charge in [-0.1, -0.05) is 19.3 Å². The van der Waals surface area contributed by atoms with Crippen LogP contribution in [0.3, 0.4) is 0 Å². The number of aryl methyl sites for hydroxylation is 1. The number of piperidine rings is 1. The van der Waals surface area contributed by atoms with Crippen LogP contribution >= 0.6 is 0 Å². The van der Waals surface area contributed by atoms with Crippen molar-refractivity contribution in [1.29, 1.82) is 0 Å². The van der Waals surface area contributed by atoms with Gasteiger partial charge in [-0.2, -0.15) is 0 Å². The van der Waals surface area contributed by atoms with E-state index >= 15 is 0 Å². The van der Waals surface area contributed by atoms with Crippen LogP contribution < -0.4 is 0 Å². The Labute approximate surface area is 174 Å². The Balaban J connectivity index is 1.52. The standard InChI is InChI=1S/C21H34N4O3S/c1-2-23-13-11-22-21(23)19-9-5-6-12-24(19)15-20(26)25(17-7-3-4-8-17)18-10-14-29(27,28)16-18/h11,13,17-19H,2-10,12,14-16H2,1H3/t18-,19-/m1/s1. The molecule has 2 aliphatic heterocycles. The van der Waals surface area contributed by atoms with Crippen molar-refractivity contribution >= 4 is 15.7 Å². The highest BCUT2D eigenvalue weighted by atomic mass is 32.2. The summed E-state index contributed by atoms with van der Waals surface area (Å²) in [5.74, 6) is 1.52. The molecule has 0 spiro atoms. The summed E-state index contributed by atoms with van der Waals surface area (Å²) in [6.07, 6.45) is 12.0. The van der Waals surface area contributed by atoms with Gasteiger partial charge in [-0.05, 0) is 45.6 Å². The lowest BCUT2D eigenvalue weighted by Gasteiger charge is -2.39. The summed E-state index contributed by atoms with van der Waals surface area (Å²) in [7, 11) is -3.01. The van der Waals surface area contributed by atoms with E-state index in [1.165, 1.54) is 0 Å². The second-order valence-corrected chi connectivity index (χ2v) is 11.1. The van der Waals surface area contributed by atoms with Gasteiger partial charge < -0.3 is 9.47 Å². The quantitative estimate of drug-likeness (QED) is 0.704. The number of carbonyl (C=O) groups excluding carboxylic acids is 1. The van der Waals surface area contributed by atoms with Crippen molar-refractivity contribution in [3.05, 3.63) is 18.2 Å². The lowest BCUT2D eigenvalue weighted by Crippen LogP contribution is -2.51. The highest BCUT2D eigenvalue weighted by Crippen LogP contribution is 2.32. The molecule has 4 rings (SSSR count). The average Bonchev–Trinajstić information content (AvgIpc) is 3.44. The van der Waals surface area contributed by atoms with Crippen molar-refractivity contribution in [1.82, 2.24) is 19.4 Å². The summed E-state index contributed by atoms with van der Waals surface area (Å²) >= 11 is 0. The molecule has 162 valence electrons. The van der Waals surface area contributed by atoms with Crippen LogP contribution in [-0.2, 0) is 21.2 Å². The molecule has 3 heterocycles. The minimum absolute atomic E-state index is 0.112. The molecule has 8 heteroatoms. The fraction of sp³-hybridized carbons (Fsp3) is 0.810. The summed E-state index contributed by atoms with van der Waals surface area (Å²) in [5.41, 5.74) is 0. The number of nitrogens with zero attached hydrogens (tertiary/aromatic N) is 4. The van der Waals surface area contributed by atoms with Crippen LogP contribution in [0, 0.1) is 0 Å². The average molecular weight is 423 g/mol. The molecule has 1 aromatic heterocycles. The number of amides is 1. The Morgan fingerprint density at radius 1 is 1.14 bits per heavy atom. The zero-order valence-electron chi connectivity index (χ0n) is 17.5. The molecule has 0 N–H and O–H groups in total. The monoisotopic (exact) mass is 422 g/mol. The molecular weight excluding hydrogens is 388 g/mol. The molecule has 7 nitrogen and oxygen atoms in total. The maximum Gasteiger partial charge on any atom is 0.237 e. The van der Waals surface area contributed by atoms with Crippen LogP contribution in [0.1, 0.15) is 70.2 Å². The van der Waals surface area contributed by atoms with Crippen LogP contribution in [0.15, 0.2) is 12.4 Å². The van der Waals surface area contributed by atoms with Crippen molar-refractivity contribution in [3.8, 4) is 0 Å². The van der Waals surface area contributed by atoms with Crippen LogP contribution in [0.25, 0.3) is 0 Å². The highest BCUT2D eigenvalue weighted by Gasteiger charge is 2.40. The van der Waals surface area contributed by atoms with Gasteiger partial charge in [0, 0.05) is 31.0 Å².